The summed E-state index contributed by atoms with van der Waals surface area (Å²) in [6, 6.07) is 5.10. The van der Waals surface area contributed by atoms with E-state index in [0.29, 0.717) is 5.56 Å². The molecule has 0 aliphatic carbocycles. The van der Waals surface area contributed by atoms with Gasteiger partial charge in [-0.25, -0.2) is 23.5 Å². The Labute approximate surface area is 108 Å². The summed E-state index contributed by atoms with van der Waals surface area (Å²) in [6.45, 7) is 1.73. The van der Waals surface area contributed by atoms with E-state index in [1.165, 1.54) is 24.3 Å². The number of benzene rings is 1. The number of halogens is 2. The maximum Gasteiger partial charge on any atom is 0.360 e. The molecule has 0 bridgehead atoms. The number of esters is 1. The van der Waals surface area contributed by atoms with E-state index < -0.39 is 23.3 Å². The minimum atomic E-state index is -0.882. The molecule has 0 aliphatic heterocycles. The predicted octanol–water partition coefficient (Wildman–Crippen LogP) is 2.60. The molecule has 0 saturated carbocycles. The predicted molar refractivity (Wildman–Crippen MR) is 63.3 cm³/mol. The van der Waals surface area contributed by atoms with Gasteiger partial charge in [0, 0.05) is 5.56 Å². The number of aromatic nitrogens is 2. The first-order chi connectivity index (χ1) is 9.13. The molecule has 0 spiro atoms. The molecule has 2 aromatic rings. The third-order valence-corrected chi connectivity index (χ3v) is 2.38. The fraction of sp³-hybridized carbons (Fsp3) is 0.154. The second kappa shape index (κ2) is 5.51. The van der Waals surface area contributed by atoms with Gasteiger partial charge in [0.2, 0.25) is 0 Å². The van der Waals surface area contributed by atoms with E-state index >= 15 is 0 Å². The molecular weight excluding hydrogens is 254 g/mol. The van der Waals surface area contributed by atoms with E-state index in [9.17, 15) is 13.6 Å². The summed E-state index contributed by atoms with van der Waals surface area (Å²) in [4.78, 5) is 18.8. The van der Waals surface area contributed by atoms with Crippen LogP contribution in [0.3, 0.4) is 0 Å². The number of carbonyl (C=O) groups excluding carboxylic acids is 1. The molecule has 2 rings (SSSR count). The van der Waals surface area contributed by atoms with E-state index in [4.69, 9.17) is 0 Å². The van der Waals surface area contributed by atoms with Crippen LogP contribution in [0.5, 0.6) is 0 Å². The van der Waals surface area contributed by atoms with Crippen LogP contribution in [0, 0.1) is 11.6 Å². The number of carbonyl (C=O) groups is 1. The molecule has 0 unspecified atom stereocenters. The maximum absolute atomic E-state index is 14.1. The van der Waals surface area contributed by atoms with Crippen LogP contribution in [-0.4, -0.2) is 22.5 Å². The van der Waals surface area contributed by atoms with Crippen LogP contribution in [-0.2, 0) is 4.74 Å². The molecule has 98 valence electrons. The van der Waals surface area contributed by atoms with Crippen molar-refractivity contribution in [1.29, 1.82) is 0 Å². The van der Waals surface area contributed by atoms with Crippen LogP contribution < -0.4 is 0 Å². The van der Waals surface area contributed by atoms with Crippen LogP contribution in [0.25, 0.3) is 11.3 Å². The van der Waals surface area contributed by atoms with E-state index in [0.717, 1.165) is 6.33 Å². The Balaban J connectivity index is 2.45. The van der Waals surface area contributed by atoms with Gasteiger partial charge >= 0.3 is 5.97 Å². The lowest BCUT2D eigenvalue weighted by Gasteiger charge is -2.06. The average molecular weight is 264 g/mol. The number of hydrogen-bond acceptors (Lipinski definition) is 4. The molecule has 4 nitrogen and oxygen atoms in total. The van der Waals surface area contributed by atoms with E-state index in [1.807, 2.05) is 0 Å². The van der Waals surface area contributed by atoms with Gasteiger partial charge in [-0.15, -0.1) is 0 Å². The van der Waals surface area contributed by atoms with Gasteiger partial charge in [0.1, 0.15) is 17.8 Å². The number of hydrogen-bond donors (Lipinski definition) is 0. The summed E-state index contributed by atoms with van der Waals surface area (Å²) in [7, 11) is 0. The van der Waals surface area contributed by atoms with Gasteiger partial charge in [0.25, 0.3) is 0 Å². The fourth-order valence-corrected chi connectivity index (χ4v) is 1.52. The van der Waals surface area contributed by atoms with E-state index in [2.05, 4.69) is 14.7 Å². The number of ether oxygens (including phenoxy) is 1. The minimum absolute atomic E-state index is 0.0712. The Morgan fingerprint density at radius 3 is 2.53 bits per heavy atom. The zero-order valence-electron chi connectivity index (χ0n) is 10.1. The first-order valence-corrected chi connectivity index (χ1v) is 5.57. The molecule has 0 N–H and O–H groups in total. The zero-order chi connectivity index (χ0) is 13.8. The Bertz CT molecular complexity index is 600. The first-order valence-electron chi connectivity index (χ1n) is 5.57. The minimum Gasteiger partial charge on any atom is -0.461 e. The van der Waals surface area contributed by atoms with Gasteiger partial charge in [-0.1, -0.05) is 0 Å². The molecule has 0 saturated heterocycles. The molecule has 0 fully saturated rings. The average Bonchev–Trinajstić information content (AvgIpc) is 2.40. The van der Waals surface area contributed by atoms with Crippen molar-refractivity contribution in [1.82, 2.24) is 9.97 Å². The van der Waals surface area contributed by atoms with E-state index in [-0.39, 0.29) is 12.3 Å². The molecule has 0 aliphatic rings. The van der Waals surface area contributed by atoms with Gasteiger partial charge in [-0.3, -0.25) is 0 Å². The normalized spacial score (nSPS) is 10.3. The lowest BCUT2D eigenvalue weighted by atomic mass is 10.1. The largest absolute Gasteiger partial charge is 0.461 e. The zero-order valence-corrected chi connectivity index (χ0v) is 10.1. The maximum atomic E-state index is 14.1. The van der Waals surface area contributed by atoms with Crippen molar-refractivity contribution in [3.05, 3.63) is 47.9 Å². The Kier molecular flexibility index (Phi) is 3.79. The van der Waals surface area contributed by atoms with Crippen LogP contribution in [0.1, 0.15) is 17.4 Å². The van der Waals surface area contributed by atoms with Crippen molar-refractivity contribution in [2.24, 2.45) is 0 Å². The second-order valence-electron chi connectivity index (χ2n) is 3.61. The molecule has 0 radical (unpaired) electrons. The summed E-state index contributed by atoms with van der Waals surface area (Å²) in [5.74, 6) is -2.18. The smallest absolute Gasteiger partial charge is 0.360 e. The van der Waals surface area contributed by atoms with Crippen molar-refractivity contribution < 1.29 is 18.3 Å². The SMILES string of the molecule is CCOC(=O)c1ncnc(-c2ccc(F)cc2)c1F. The Hall–Kier alpha value is -2.37. The topological polar surface area (TPSA) is 52.1 Å². The highest BCUT2D eigenvalue weighted by atomic mass is 19.1. The highest BCUT2D eigenvalue weighted by Crippen LogP contribution is 2.22. The van der Waals surface area contributed by atoms with Gasteiger partial charge in [-0.2, -0.15) is 0 Å². The lowest BCUT2D eigenvalue weighted by Crippen LogP contribution is -2.11. The van der Waals surface area contributed by atoms with Crippen molar-refractivity contribution >= 4 is 5.97 Å². The summed E-state index contributed by atoms with van der Waals surface area (Å²) in [5.41, 5.74) is -0.152. The highest BCUT2D eigenvalue weighted by molar-refractivity contribution is 5.88. The van der Waals surface area contributed by atoms with Crippen molar-refractivity contribution in [2.45, 2.75) is 6.92 Å². The summed E-state index contributed by atoms with van der Waals surface area (Å²) < 4.78 is 31.6. The quantitative estimate of drug-likeness (QED) is 0.799. The third-order valence-electron chi connectivity index (χ3n) is 2.38. The van der Waals surface area contributed by atoms with Crippen LogP contribution in [0.15, 0.2) is 30.6 Å². The third kappa shape index (κ3) is 2.73. The highest BCUT2D eigenvalue weighted by Gasteiger charge is 2.19. The molecular formula is C13H10F2N2O2. The summed E-state index contributed by atoms with van der Waals surface area (Å²) in [5, 5.41) is 0. The molecule has 6 heteroatoms. The van der Waals surface area contributed by atoms with Gasteiger partial charge in [0.05, 0.1) is 6.61 Å². The standard InChI is InChI=1S/C13H10F2N2O2/c1-2-19-13(18)12-10(15)11(16-7-17-12)8-3-5-9(14)6-4-8/h3-7H,2H2,1H3. The van der Waals surface area contributed by atoms with Crippen molar-refractivity contribution in [3.63, 3.8) is 0 Å². The fourth-order valence-electron chi connectivity index (χ4n) is 1.52. The van der Waals surface area contributed by atoms with Crippen molar-refractivity contribution in [3.8, 4) is 11.3 Å². The molecule has 1 aromatic heterocycles. The lowest BCUT2D eigenvalue weighted by molar-refractivity contribution is 0.0513. The monoisotopic (exact) mass is 264 g/mol. The van der Waals surface area contributed by atoms with Crippen LogP contribution in [0.2, 0.25) is 0 Å². The Morgan fingerprint density at radius 1 is 1.21 bits per heavy atom. The first kappa shape index (κ1) is 13.1. The van der Waals surface area contributed by atoms with Crippen molar-refractivity contribution in [2.75, 3.05) is 6.61 Å². The summed E-state index contributed by atoms with van der Waals surface area (Å²) in [6.07, 6.45) is 1.06. The Morgan fingerprint density at radius 2 is 1.89 bits per heavy atom. The molecule has 19 heavy (non-hydrogen) atoms. The summed E-state index contributed by atoms with van der Waals surface area (Å²) >= 11 is 0. The van der Waals surface area contributed by atoms with Gasteiger partial charge in [0.15, 0.2) is 11.5 Å². The molecule has 0 amide bonds. The van der Waals surface area contributed by atoms with Crippen LogP contribution >= 0.6 is 0 Å². The molecule has 1 heterocycles. The van der Waals surface area contributed by atoms with Crippen LogP contribution in [0.4, 0.5) is 8.78 Å². The van der Waals surface area contributed by atoms with Gasteiger partial charge < -0.3 is 4.74 Å². The molecule has 1 aromatic carbocycles. The second-order valence-corrected chi connectivity index (χ2v) is 3.61. The van der Waals surface area contributed by atoms with E-state index in [1.54, 1.807) is 6.92 Å². The van der Waals surface area contributed by atoms with Gasteiger partial charge in [-0.05, 0) is 31.2 Å². The number of rotatable bonds is 3. The molecule has 0 atom stereocenters. The number of nitrogens with zero attached hydrogens (tertiary/aromatic N) is 2.